The Morgan fingerprint density at radius 2 is 1.89 bits per heavy atom. The van der Waals surface area contributed by atoms with Crippen LogP contribution in [0.4, 0.5) is 0 Å². The molecule has 0 N–H and O–H groups in total. The maximum Gasteiger partial charge on any atom is 0.269 e. The highest BCUT2D eigenvalue weighted by molar-refractivity contribution is 7.90. The maximum absolute atomic E-state index is 13.4. The molecular weight excluding hydrogens is 480 g/mol. The molecule has 1 aliphatic rings. The predicted molar refractivity (Wildman–Crippen MR) is 134 cm³/mol. The molecule has 0 saturated heterocycles. The Hall–Kier alpha value is -3.55. The van der Waals surface area contributed by atoms with Gasteiger partial charge in [0.25, 0.3) is 10.0 Å². The van der Waals surface area contributed by atoms with Gasteiger partial charge in [-0.25, -0.2) is 22.4 Å². The largest absolute Gasteiger partial charge is 0.319 e. The molecule has 0 radical (unpaired) electrons. The average Bonchev–Trinajstić information content (AvgIpc) is 3.63. The van der Waals surface area contributed by atoms with Crippen molar-refractivity contribution in [3.8, 4) is 16.8 Å². The van der Waals surface area contributed by atoms with Crippen molar-refractivity contribution >= 4 is 43.4 Å². The summed E-state index contributed by atoms with van der Waals surface area (Å²) in [6.45, 7) is 0. The van der Waals surface area contributed by atoms with Crippen LogP contribution in [-0.4, -0.2) is 31.9 Å². The van der Waals surface area contributed by atoms with Gasteiger partial charge in [0.1, 0.15) is 5.52 Å². The Labute approximate surface area is 206 Å². The summed E-state index contributed by atoms with van der Waals surface area (Å²) in [4.78, 5) is 14.9. The first-order chi connectivity index (χ1) is 17.1. The van der Waals surface area contributed by atoms with Crippen molar-refractivity contribution < 1.29 is 8.42 Å². The minimum Gasteiger partial charge on any atom is -0.319 e. The molecule has 5 aromatic rings. The number of pyridine rings is 1. The number of rotatable bonds is 5. The third-order valence-corrected chi connectivity index (χ3v) is 9.29. The topological polar surface area (TPSA) is 106 Å². The standard InChI is InChI=1S/C25H22N6O2S2/c26-12-10-17-6-8-18(9-7-17)31-23-20-11-13-30(35(32,33)19-4-2-1-3-5-19)24(20)28-14-21(23)29-25(31)22-15-27-16-34-22/h1-5,11,13-18H,6-10H2. The minimum absolute atomic E-state index is 0.201. The normalized spacial score (nSPS) is 18.7. The fourth-order valence-corrected chi connectivity index (χ4v) is 7.07. The van der Waals surface area contributed by atoms with E-state index in [2.05, 4.69) is 20.6 Å². The number of aromatic nitrogens is 5. The Morgan fingerprint density at radius 3 is 2.60 bits per heavy atom. The van der Waals surface area contributed by atoms with Gasteiger partial charge in [-0.2, -0.15) is 5.26 Å². The van der Waals surface area contributed by atoms with Crippen LogP contribution < -0.4 is 0 Å². The van der Waals surface area contributed by atoms with Gasteiger partial charge in [-0.1, -0.05) is 18.2 Å². The lowest BCUT2D eigenvalue weighted by atomic mass is 9.84. The van der Waals surface area contributed by atoms with Crippen LogP contribution in [0.5, 0.6) is 0 Å². The zero-order chi connectivity index (χ0) is 24.0. The van der Waals surface area contributed by atoms with E-state index < -0.39 is 10.0 Å². The van der Waals surface area contributed by atoms with Gasteiger partial charge in [0, 0.05) is 30.2 Å². The zero-order valence-electron chi connectivity index (χ0n) is 18.8. The van der Waals surface area contributed by atoms with Crippen LogP contribution >= 0.6 is 11.3 Å². The van der Waals surface area contributed by atoms with Crippen LogP contribution in [0.25, 0.3) is 32.8 Å². The van der Waals surface area contributed by atoms with E-state index in [1.807, 2.05) is 12.3 Å². The molecule has 0 unspecified atom stereocenters. The molecule has 10 heteroatoms. The van der Waals surface area contributed by atoms with Crippen molar-refractivity contribution in [1.82, 2.24) is 23.5 Å². The van der Waals surface area contributed by atoms with Crippen LogP contribution in [0.1, 0.15) is 38.1 Å². The van der Waals surface area contributed by atoms with Crippen LogP contribution in [0.3, 0.4) is 0 Å². The van der Waals surface area contributed by atoms with Gasteiger partial charge in [-0.15, -0.1) is 11.3 Å². The Kier molecular flexibility index (Phi) is 5.39. The van der Waals surface area contributed by atoms with Crippen molar-refractivity contribution in [2.45, 2.75) is 43.0 Å². The second-order valence-corrected chi connectivity index (χ2v) is 11.6. The predicted octanol–water partition coefficient (Wildman–Crippen LogP) is 5.39. The van der Waals surface area contributed by atoms with Crippen LogP contribution in [0, 0.1) is 17.2 Å². The van der Waals surface area contributed by atoms with E-state index >= 15 is 0 Å². The van der Waals surface area contributed by atoms with Gasteiger partial charge in [0.2, 0.25) is 0 Å². The molecule has 0 bridgehead atoms. The monoisotopic (exact) mass is 502 g/mol. The van der Waals surface area contributed by atoms with Crippen molar-refractivity contribution in [3.05, 3.63) is 60.5 Å². The van der Waals surface area contributed by atoms with E-state index in [1.54, 1.807) is 48.2 Å². The summed E-state index contributed by atoms with van der Waals surface area (Å²) in [7, 11) is -3.79. The summed E-state index contributed by atoms with van der Waals surface area (Å²) in [5, 5.41) is 9.87. The highest BCUT2D eigenvalue weighted by Crippen LogP contribution is 2.41. The molecule has 0 atom stereocenters. The molecule has 176 valence electrons. The lowest BCUT2D eigenvalue weighted by Gasteiger charge is -2.29. The first-order valence-corrected chi connectivity index (χ1v) is 13.8. The van der Waals surface area contributed by atoms with Crippen molar-refractivity contribution in [2.75, 3.05) is 0 Å². The number of nitrogens with zero attached hydrogens (tertiary/aromatic N) is 6. The summed E-state index contributed by atoms with van der Waals surface area (Å²) in [6, 6.07) is 12.7. The molecule has 1 saturated carbocycles. The molecule has 4 heterocycles. The minimum atomic E-state index is -3.79. The molecular formula is C25H22N6O2S2. The van der Waals surface area contributed by atoms with Crippen LogP contribution in [0.2, 0.25) is 0 Å². The Morgan fingerprint density at radius 1 is 1.09 bits per heavy atom. The number of fused-ring (bicyclic) bond motifs is 3. The fourth-order valence-electron chi connectivity index (χ4n) is 5.14. The molecule has 0 spiro atoms. The van der Waals surface area contributed by atoms with E-state index in [9.17, 15) is 8.42 Å². The number of benzene rings is 1. The number of nitriles is 1. The van der Waals surface area contributed by atoms with Gasteiger partial charge >= 0.3 is 0 Å². The molecule has 1 aliphatic carbocycles. The third-order valence-electron chi connectivity index (χ3n) is 6.84. The summed E-state index contributed by atoms with van der Waals surface area (Å²) >= 11 is 1.53. The lowest BCUT2D eigenvalue weighted by Crippen LogP contribution is -2.19. The molecule has 8 nitrogen and oxygen atoms in total. The second-order valence-electron chi connectivity index (χ2n) is 8.87. The third kappa shape index (κ3) is 3.63. The maximum atomic E-state index is 13.4. The Balaban J connectivity index is 1.54. The van der Waals surface area contributed by atoms with Gasteiger partial charge in [-0.3, -0.25) is 4.98 Å². The highest BCUT2D eigenvalue weighted by atomic mass is 32.2. The van der Waals surface area contributed by atoms with E-state index in [-0.39, 0.29) is 10.9 Å². The smallest absolute Gasteiger partial charge is 0.269 e. The second kappa shape index (κ2) is 8.59. The van der Waals surface area contributed by atoms with Crippen molar-refractivity contribution in [3.63, 3.8) is 0 Å². The summed E-state index contributed by atoms with van der Waals surface area (Å²) < 4.78 is 30.3. The molecule has 6 rings (SSSR count). The number of hydrogen-bond donors (Lipinski definition) is 0. The van der Waals surface area contributed by atoms with Gasteiger partial charge < -0.3 is 4.57 Å². The van der Waals surface area contributed by atoms with E-state index in [4.69, 9.17) is 10.2 Å². The van der Waals surface area contributed by atoms with E-state index in [0.717, 1.165) is 52.8 Å². The van der Waals surface area contributed by atoms with Crippen LogP contribution in [-0.2, 0) is 10.0 Å². The quantitative estimate of drug-likeness (QED) is 0.319. The number of thiazole rings is 1. The van der Waals surface area contributed by atoms with Crippen LogP contribution in [0.15, 0.2) is 65.4 Å². The van der Waals surface area contributed by atoms with Crippen molar-refractivity contribution in [1.29, 1.82) is 5.26 Å². The van der Waals surface area contributed by atoms with E-state index in [1.165, 1.54) is 15.3 Å². The first-order valence-electron chi connectivity index (χ1n) is 11.5. The molecule has 0 amide bonds. The SMILES string of the molecule is N#CCC1CCC(n2c(-c3cncs3)nc3cnc4c(ccn4S(=O)(=O)c4ccccc4)c32)CC1. The molecule has 0 aliphatic heterocycles. The molecule has 1 aromatic carbocycles. The van der Waals surface area contributed by atoms with Gasteiger partial charge in [0.05, 0.1) is 33.1 Å². The molecule has 35 heavy (non-hydrogen) atoms. The molecule has 4 aromatic heterocycles. The first kappa shape index (κ1) is 21.9. The summed E-state index contributed by atoms with van der Waals surface area (Å²) in [5.41, 5.74) is 3.80. The zero-order valence-corrected chi connectivity index (χ0v) is 20.4. The lowest BCUT2D eigenvalue weighted by molar-refractivity contribution is 0.283. The summed E-state index contributed by atoms with van der Waals surface area (Å²) in [5.74, 6) is 1.26. The fraction of sp³-hybridized carbons (Fsp3) is 0.280. The van der Waals surface area contributed by atoms with Gasteiger partial charge in [0.15, 0.2) is 11.5 Å². The number of imidazole rings is 1. The average molecular weight is 503 g/mol. The van der Waals surface area contributed by atoms with Gasteiger partial charge in [-0.05, 0) is 49.8 Å². The number of hydrogen-bond acceptors (Lipinski definition) is 7. The van der Waals surface area contributed by atoms with Crippen molar-refractivity contribution in [2.24, 2.45) is 5.92 Å². The molecule has 1 fully saturated rings. The summed E-state index contributed by atoms with van der Waals surface area (Å²) in [6.07, 6.45) is 9.50. The van der Waals surface area contributed by atoms with E-state index in [0.29, 0.717) is 18.0 Å². The highest BCUT2D eigenvalue weighted by Gasteiger charge is 2.29. The Bertz CT molecular complexity index is 1660.